The minimum Gasteiger partial charge on any atom is -0.354 e. The van der Waals surface area contributed by atoms with Crippen LogP contribution in [0.25, 0.3) is 0 Å². The highest BCUT2D eigenvalue weighted by Gasteiger charge is 2.10. The lowest BCUT2D eigenvalue weighted by molar-refractivity contribution is -0.120. The summed E-state index contributed by atoms with van der Waals surface area (Å²) >= 11 is 0. The number of nitriles is 1. The minimum atomic E-state index is -0.0413. The van der Waals surface area contributed by atoms with Gasteiger partial charge in [0.1, 0.15) is 0 Å². The lowest BCUT2D eigenvalue weighted by Crippen LogP contribution is -2.40. The maximum absolute atomic E-state index is 11.3. The van der Waals surface area contributed by atoms with E-state index >= 15 is 0 Å². The van der Waals surface area contributed by atoms with Gasteiger partial charge in [0.2, 0.25) is 5.91 Å². The fourth-order valence-corrected chi connectivity index (χ4v) is 1.13. The number of nitrogens with zero attached hydrogens (tertiary/aromatic N) is 1. The molecule has 0 heterocycles. The predicted octanol–water partition coefficient (Wildman–Crippen LogP) is 1.04. The van der Waals surface area contributed by atoms with E-state index in [9.17, 15) is 4.79 Å². The third kappa shape index (κ3) is 6.92. The second-order valence-corrected chi connectivity index (χ2v) is 3.81. The first kappa shape index (κ1) is 13.9. The second-order valence-electron chi connectivity index (χ2n) is 3.81. The fraction of sp³-hybridized carbons (Fsp3) is 0.818. The zero-order valence-corrected chi connectivity index (χ0v) is 9.84. The van der Waals surface area contributed by atoms with E-state index in [1.54, 1.807) is 0 Å². The van der Waals surface area contributed by atoms with Gasteiger partial charge < -0.3 is 10.6 Å². The summed E-state index contributed by atoms with van der Waals surface area (Å²) in [6.45, 7) is 7.14. The summed E-state index contributed by atoms with van der Waals surface area (Å²) in [7, 11) is 0. The van der Waals surface area contributed by atoms with Crippen molar-refractivity contribution in [1.29, 1.82) is 5.26 Å². The smallest absolute Gasteiger partial charge is 0.233 e. The van der Waals surface area contributed by atoms with E-state index in [1.165, 1.54) is 0 Å². The van der Waals surface area contributed by atoms with Crippen molar-refractivity contribution in [1.82, 2.24) is 10.6 Å². The predicted molar refractivity (Wildman–Crippen MR) is 60.2 cm³/mol. The van der Waals surface area contributed by atoms with Gasteiger partial charge in [-0.05, 0) is 12.8 Å². The lowest BCUT2D eigenvalue weighted by atomic mass is 10.0. The molecule has 0 rings (SSSR count). The van der Waals surface area contributed by atoms with Crippen molar-refractivity contribution in [3.8, 4) is 6.07 Å². The SMILES string of the molecule is CCC(C)C(C)NCC(=O)NCCC#N. The van der Waals surface area contributed by atoms with Gasteiger partial charge in [-0.1, -0.05) is 20.3 Å². The van der Waals surface area contributed by atoms with Gasteiger partial charge in [-0.3, -0.25) is 4.79 Å². The molecule has 0 aliphatic carbocycles. The normalized spacial score (nSPS) is 14.0. The van der Waals surface area contributed by atoms with E-state index in [-0.39, 0.29) is 5.91 Å². The Bertz CT molecular complexity index is 222. The Hall–Kier alpha value is -1.08. The van der Waals surface area contributed by atoms with E-state index in [4.69, 9.17) is 5.26 Å². The van der Waals surface area contributed by atoms with Crippen LogP contribution in [0.2, 0.25) is 0 Å². The molecule has 0 aromatic heterocycles. The Morgan fingerprint density at radius 1 is 1.47 bits per heavy atom. The molecule has 0 aliphatic heterocycles. The Labute approximate surface area is 92.0 Å². The molecule has 86 valence electrons. The summed E-state index contributed by atoms with van der Waals surface area (Å²) < 4.78 is 0. The number of hydrogen-bond acceptors (Lipinski definition) is 3. The number of hydrogen-bond donors (Lipinski definition) is 2. The quantitative estimate of drug-likeness (QED) is 0.618. The highest BCUT2D eigenvalue weighted by atomic mass is 16.1. The van der Waals surface area contributed by atoms with Crippen LogP contribution in [0.4, 0.5) is 0 Å². The largest absolute Gasteiger partial charge is 0.354 e. The maximum atomic E-state index is 11.3. The van der Waals surface area contributed by atoms with Gasteiger partial charge in [0.25, 0.3) is 0 Å². The maximum Gasteiger partial charge on any atom is 0.233 e. The molecule has 0 bridgehead atoms. The van der Waals surface area contributed by atoms with Crippen LogP contribution < -0.4 is 10.6 Å². The zero-order valence-electron chi connectivity index (χ0n) is 9.84. The Balaban J connectivity index is 3.58. The third-order valence-corrected chi connectivity index (χ3v) is 2.64. The summed E-state index contributed by atoms with van der Waals surface area (Å²) in [6.07, 6.45) is 1.47. The first-order chi connectivity index (χ1) is 7.11. The number of amides is 1. The molecule has 4 heteroatoms. The summed E-state index contributed by atoms with van der Waals surface area (Å²) in [5.74, 6) is 0.525. The molecule has 0 saturated heterocycles. The second kappa shape index (κ2) is 8.25. The lowest BCUT2D eigenvalue weighted by Gasteiger charge is -2.19. The monoisotopic (exact) mass is 211 g/mol. The molecule has 2 N–H and O–H groups in total. The summed E-state index contributed by atoms with van der Waals surface area (Å²) in [4.78, 5) is 11.3. The van der Waals surface area contributed by atoms with E-state index in [0.29, 0.717) is 31.5 Å². The van der Waals surface area contributed by atoms with Crippen LogP contribution in [0.3, 0.4) is 0 Å². The van der Waals surface area contributed by atoms with Crippen LogP contribution in [0, 0.1) is 17.2 Å². The van der Waals surface area contributed by atoms with Gasteiger partial charge in [-0.2, -0.15) is 5.26 Å². The van der Waals surface area contributed by atoms with Crippen LogP contribution in [-0.2, 0) is 4.79 Å². The van der Waals surface area contributed by atoms with Crippen LogP contribution in [0.5, 0.6) is 0 Å². The van der Waals surface area contributed by atoms with Gasteiger partial charge in [-0.15, -0.1) is 0 Å². The molecule has 0 aromatic rings. The van der Waals surface area contributed by atoms with Crippen molar-refractivity contribution in [3.63, 3.8) is 0 Å². The highest BCUT2D eigenvalue weighted by Crippen LogP contribution is 2.05. The Morgan fingerprint density at radius 3 is 2.67 bits per heavy atom. The highest BCUT2D eigenvalue weighted by molar-refractivity contribution is 5.77. The van der Waals surface area contributed by atoms with Gasteiger partial charge in [0.05, 0.1) is 19.0 Å². The molecule has 0 radical (unpaired) electrons. The fourth-order valence-electron chi connectivity index (χ4n) is 1.13. The van der Waals surface area contributed by atoms with Crippen molar-refractivity contribution < 1.29 is 4.79 Å². The molecule has 2 unspecified atom stereocenters. The zero-order chi connectivity index (χ0) is 11.7. The standard InChI is InChI=1S/C11H21N3O/c1-4-9(2)10(3)14-8-11(15)13-7-5-6-12/h9-10,14H,4-5,7-8H2,1-3H3,(H,13,15). The summed E-state index contributed by atoms with van der Waals surface area (Å²) in [5.41, 5.74) is 0. The third-order valence-electron chi connectivity index (χ3n) is 2.64. The van der Waals surface area contributed by atoms with E-state index in [0.717, 1.165) is 6.42 Å². The van der Waals surface area contributed by atoms with Crippen LogP contribution >= 0.6 is 0 Å². The van der Waals surface area contributed by atoms with Crippen molar-refractivity contribution in [3.05, 3.63) is 0 Å². The molecule has 0 aromatic carbocycles. The van der Waals surface area contributed by atoms with Gasteiger partial charge in [0.15, 0.2) is 0 Å². The summed E-state index contributed by atoms with van der Waals surface area (Å²) in [5, 5.41) is 14.1. The van der Waals surface area contributed by atoms with Gasteiger partial charge in [-0.25, -0.2) is 0 Å². The molecule has 4 nitrogen and oxygen atoms in total. The average molecular weight is 211 g/mol. The number of rotatable bonds is 7. The molecular formula is C11H21N3O. The van der Waals surface area contributed by atoms with Crippen molar-refractivity contribution >= 4 is 5.91 Å². The van der Waals surface area contributed by atoms with Crippen molar-refractivity contribution in [2.24, 2.45) is 5.92 Å². The van der Waals surface area contributed by atoms with Crippen LogP contribution in [0.15, 0.2) is 0 Å². The first-order valence-electron chi connectivity index (χ1n) is 5.48. The van der Waals surface area contributed by atoms with Crippen LogP contribution in [0.1, 0.15) is 33.6 Å². The van der Waals surface area contributed by atoms with Gasteiger partial charge >= 0.3 is 0 Å². The number of nitrogens with one attached hydrogen (secondary N) is 2. The Morgan fingerprint density at radius 2 is 2.13 bits per heavy atom. The van der Waals surface area contributed by atoms with Gasteiger partial charge in [0, 0.05) is 12.6 Å². The number of carbonyl (C=O) groups excluding carboxylic acids is 1. The van der Waals surface area contributed by atoms with E-state index in [1.807, 2.05) is 6.07 Å². The molecule has 0 fully saturated rings. The molecule has 15 heavy (non-hydrogen) atoms. The van der Waals surface area contributed by atoms with E-state index in [2.05, 4.69) is 31.4 Å². The number of carbonyl (C=O) groups is 1. The molecule has 0 aliphatic rings. The molecule has 0 saturated carbocycles. The molecule has 1 amide bonds. The summed E-state index contributed by atoms with van der Waals surface area (Å²) in [6, 6.07) is 2.32. The minimum absolute atomic E-state index is 0.0413. The average Bonchev–Trinajstić information content (AvgIpc) is 2.25. The first-order valence-corrected chi connectivity index (χ1v) is 5.48. The van der Waals surface area contributed by atoms with Crippen molar-refractivity contribution in [2.75, 3.05) is 13.1 Å². The van der Waals surface area contributed by atoms with E-state index < -0.39 is 0 Å². The topological polar surface area (TPSA) is 64.9 Å². The molecule has 2 atom stereocenters. The molecular weight excluding hydrogens is 190 g/mol. The van der Waals surface area contributed by atoms with Crippen LogP contribution in [-0.4, -0.2) is 25.0 Å². The Kier molecular flexibility index (Phi) is 7.65. The molecule has 0 spiro atoms. The van der Waals surface area contributed by atoms with Crippen molar-refractivity contribution in [2.45, 2.75) is 39.7 Å².